The van der Waals surface area contributed by atoms with Gasteiger partial charge in [-0.2, -0.15) is 0 Å². The molecule has 0 amide bonds. The molecule has 0 atom stereocenters. The lowest BCUT2D eigenvalue weighted by molar-refractivity contribution is 0.0689. The molecule has 6 nitrogen and oxygen atoms in total. The maximum atomic E-state index is 11.2. The van der Waals surface area contributed by atoms with Crippen molar-refractivity contribution in [3.05, 3.63) is 35.9 Å². The topological polar surface area (TPSA) is 80.0 Å². The minimum absolute atomic E-state index is 0.133. The second-order valence-corrected chi connectivity index (χ2v) is 4.10. The van der Waals surface area contributed by atoms with Crippen LogP contribution >= 0.6 is 0 Å². The van der Waals surface area contributed by atoms with E-state index in [1.807, 2.05) is 16.7 Å². The van der Waals surface area contributed by atoms with E-state index in [9.17, 15) is 9.90 Å². The number of fused-ring (bicyclic) bond motifs is 1. The summed E-state index contributed by atoms with van der Waals surface area (Å²) < 4.78 is 1.97. The molecule has 92 valence electrons. The smallest absolute Gasteiger partial charge is 0.356 e. The zero-order valence-corrected chi connectivity index (χ0v) is 9.63. The fourth-order valence-corrected chi connectivity index (χ4v) is 2.20. The fraction of sp³-hybridized carbons (Fsp3) is 0.250. The Morgan fingerprint density at radius 1 is 1.39 bits per heavy atom. The van der Waals surface area contributed by atoms with Gasteiger partial charge in [-0.15, -0.1) is 0 Å². The van der Waals surface area contributed by atoms with Gasteiger partial charge in [-0.25, -0.2) is 9.78 Å². The summed E-state index contributed by atoms with van der Waals surface area (Å²) in [4.78, 5) is 19.4. The van der Waals surface area contributed by atoms with Crippen molar-refractivity contribution in [3.63, 3.8) is 0 Å². The minimum Gasteiger partial charge on any atom is -0.476 e. The predicted octanol–water partition coefficient (Wildman–Crippen LogP) is 0.746. The lowest BCUT2D eigenvalue weighted by atomic mass is 10.2. The molecule has 0 unspecified atom stereocenters. The number of rotatable bonds is 2. The zero-order chi connectivity index (χ0) is 12.5. The summed E-state index contributed by atoms with van der Waals surface area (Å²) in [6.45, 7) is 2.09. The van der Waals surface area contributed by atoms with E-state index in [1.165, 1.54) is 0 Å². The Balaban J connectivity index is 2.18. The zero-order valence-electron chi connectivity index (χ0n) is 9.63. The first-order chi connectivity index (χ1) is 8.77. The van der Waals surface area contributed by atoms with E-state index in [1.54, 1.807) is 12.4 Å². The van der Waals surface area contributed by atoms with Crippen molar-refractivity contribution in [3.8, 4) is 11.4 Å². The molecule has 2 aromatic rings. The van der Waals surface area contributed by atoms with Crippen LogP contribution in [0.25, 0.3) is 11.4 Å². The summed E-state index contributed by atoms with van der Waals surface area (Å²) >= 11 is 0. The molecule has 3 rings (SSSR count). The van der Waals surface area contributed by atoms with Crippen molar-refractivity contribution < 1.29 is 9.90 Å². The quantitative estimate of drug-likeness (QED) is 0.814. The number of nitrogens with one attached hydrogen (secondary N) is 1. The van der Waals surface area contributed by atoms with Gasteiger partial charge < -0.3 is 15.0 Å². The maximum absolute atomic E-state index is 11.2. The summed E-state index contributed by atoms with van der Waals surface area (Å²) in [5.41, 5.74) is 1.76. The van der Waals surface area contributed by atoms with E-state index in [2.05, 4.69) is 15.3 Å². The first-order valence-electron chi connectivity index (χ1n) is 5.71. The Labute approximate surface area is 103 Å². The molecule has 3 heterocycles. The highest BCUT2D eigenvalue weighted by atomic mass is 16.4. The summed E-state index contributed by atoms with van der Waals surface area (Å²) in [5.74, 6) is -0.283. The molecule has 2 aromatic heterocycles. The maximum Gasteiger partial charge on any atom is 0.356 e. The first kappa shape index (κ1) is 10.9. The third-order valence-corrected chi connectivity index (χ3v) is 3.02. The Morgan fingerprint density at radius 2 is 2.17 bits per heavy atom. The molecule has 2 N–H and O–H groups in total. The second-order valence-electron chi connectivity index (χ2n) is 4.10. The second kappa shape index (κ2) is 4.23. The molecule has 0 saturated heterocycles. The van der Waals surface area contributed by atoms with Crippen molar-refractivity contribution >= 4 is 5.97 Å². The highest BCUT2D eigenvalue weighted by Crippen LogP contribution is 2.23. The number of pyridine rings is 1. The van der Waals surface area contributed by atoms with Crippen LogP contribution < -0.4 is 5.32 Å². The van der Waals surface area contributed by atoms with Gasteiger partial charge in [-0.3, -0.25) is 4.98 Å². The van der Waals surface area contributed by atoms with E-state index in [0.29, 0.717) is 12.4 Å². The molecule has 0 aliphatic carbocycles. The van der Waals surface area contributed by atoms with Crippen molar-refractivity contribution in [1.29, 1.82) is 0 Å². The van der Waals surface area contributed by atoms with Crippen molar-refractivity contribution in [2.24, 2.45) is 0 Å². The van der Waals surface area contributed by atoms with Gasteiger partial charge in [0.05, 0.1) is 5.69 Å². The van der Waals surface area contributed by atoms with Crippen LogP contribution in [-0.4, -0.2) is 32.2 Å². The number of aromatic carboxylic acids is 1. The molecule has 0 radical (unpaired) electrons. The van der Waals surface area contributed by atoms with Gasteiger partial charge in [0, 0.05) is 37.6 Å². The molecule has 0 bridgehead atoms. The number of imidazole rings is 1. The standard InChI is InChI=1S/C12H12N4O2/c17-12(18)10-9-7-14-5-6-16(9)11(15-10)8-1-3-13-4-2-8/h1-4,14H,5-7H2,(H,17,18). The van der Waals surface area contributed by atoms with Crippen molar-refractivity contribution in [2.45, 2.75) is 13.1 Å². The van der Waals surface area contributed by atoms with E-state index in [4.69, 9.17) is 0 Å². The summed E-state index contributed by atoms with van der Waals surface area (Å²) in [5, 5.41) is 12.3. The third-order valence-electron chi connectivity index (χ3n) is 3.02. The Hall–Kier alpha value is -2.21. The number of hydrogen-bond donors (Lipinski definition) is 2. The highest BCUT2D eigenvalue weighted by molar-refractivity contribution is 5.88. The molecule has 6 heteroatoms. The summed E-state index contributed by atoms with van der Waals surface area (Å²) in [6.07, 6.45) is 3.36. The van der Waals surface area contributed by atoms with E-state index >= 15 is 0 Å². The number of carbonyl (C=O) groups is 1. The molecule has 1 aliphatic heterocycles. The van der Waals surface area contributed by atoms with Crippen LogP contribution in [0.15, 0.2) is 24.5 Å². The number of aromatic nitrogens is 3. The van der Waals surface area contributed by atoms with E-state index < -0.39 is 5.97 Å². The molecular formula is C12H12N4O2. The lowest BCUT2D eigenvalue weighted by Gasteiger charge is -2.18. The van der Waals surface area contributed by atoms with Gasteiger partial charge in [-0.05, 0) is 12.1 Å². The molecule has 1 aliphatic rings. The number of carboxylic acid groups (broad SMARTS) is 1. The minimum atomic E-state index is -0.984. The van der Waals surface area contributed by atoms with Gasteiger partial charge in [-0.1, -0.05) is 0 Å². The van der Waals surface area contributed by atoms with Crippen LogP contribution in [0.5, 0.6) is 0 Å². The van der Waals surface area contributed by atoms with Crippen LogP contribution in [0.1, 0.15) is 16.2 Å². The Morgan fingerprint density at radius 3 is 2.89 bits per heavy atom. The van der Waals surface area contributed by atoms with Crippen LogP contribution in [0, 0.1) is 0 Å². The highest BCUT2D eigenvalue weighted by Gasteiger charge is 2.24. The first-order valence-corrected chi connectivity index (χ1v) is 5.71. The number of carboxylic acids is 1. The van der Waals surface area contributed by atoms with Crippen LogP contribution in [-0.2, 0) is 13.1 Å². The monoisotopic (exact) mass is 244 g/mol. The van der Waals surface area contributed by atoms with Gasteiger partial charge in [0.15, 0.2) is 5.69 Å². The van der Waals surface area contributed by atoms with Crippen molar-refractivity contribution in [2.75, 3.05) is 6.54 Å². The third kappa shape index (κ3) is 1.67. The number of hydrogen-bond acceptors (Lipinski definition) is 4. The lowest BCUT2D eigenvalue weighted by Crippen LogP contribution is -2.29. The van der Waals surface area contributed by atoms with Gasteiger partial charge >= 0.3 is 5.97 Å². The molecular weight excluding hydrogens is 232 g/mol. The van der Waals surface area contributed by atoms with Gasteiger partial charge in [0.1, 0.15) is 5.82 Å². The molecule has 18 heavy (non-hydrogen) atoms. The average molecular weight is 244 g/mol. The van der Waals surface area contributed by atoms with E-state index in [0.717, 1.165) is 24.3 Å². The fourth-order valence-electron chi connectivity index (χ4n) is 2.20. The predicted molar refractivity (Wildman–Crippen MR) is 64.1 cm³/mol. The largest absolute Gasteiger partial charge is 0.476 e. The Kier molecular flexibility index (Phi) is 2.56. The SMILES string of the molecule is O=C(O)c1nc(-c2ccncc2)n2c1CNCC2. The molecule has 0 aromatic carbocycles. The van der Waals surface area contributed by atoms with E-state index in [-0.39, 0.29) is 5.69 Å². The normalized spacial score (nSPS) is 14.2. The van der Waals surface area contributed by atoms with Gasteiger partial charge in [0.2, 0.25) is 0 Å². The van der Waals surface area contributed by atoms with Crippen LogP contribution in [0.3, 0.4) is 0 Å². The summed E-state index contributed by atoms with van der Waals surface area (Å²) in [7, 11) is 0. The number of nitrogens with zero attached hydrogens (tertiary/aromatic N) is 3. The molecule has 0 spiro atoms. The molecule has 0 fully saturated rings. The van der Waals surface area contributed by atoms with Crippen LogP contribution in [0.4, 0.5) is 0 Å². The summed E-state index contributed by atoms with van der Waals surface area (Å²) in [6, 6.07) is 3.67. The Bertz CT molecular complexity index is 592. The van der Waals surface area contributed by atoms with Crippen LogP contribution in [0.2, 0.25) is 0 Å². The molecule has 0 saturated carbocycles. The van der Waals surface area contributed by atoms with Gasteiger partial charge in [0.25, 0.3) is 0 Å². The average Bonchev–Trinajstić information content (AvgIpc) is 2.79. The van der Waals surface area contributed by atoms with Crippen molar-refractivity contribution in [1.82, 2.24) is 19.9 Å².